The van der Waals surface area contributed by atoms with Crippen molar-refractivity contribution in [1.29, 1.82) is 0 Å². The van der Waals surface area contributed by atoms with E-state index in [-0.39, 0.29) is 5.41 Å². The summed E-state index contributed by atoms with van der Waals surface area (Å²) in [4.78, 5) is 10.6. The van der Waals surface area contributed by atoms with Gasteiger partial charge in [-0.2, -0.15) is 0 Å². The zero-order valence-electron chi connectivity index (χ0n) is 33.5. The smallest absolute Gasteiger partial charge is 0.160 e. The number of nitrogens with zero attached hydrogens (tertiary/aromatic N) is 2. The van der Waals surface area contributed by atoms with Gasteiger partial charge in [0.05, 0.1) is 11.4 Å². The van der Waals surface area contributed by atoms with Crippen molar-refractivity contribution in [1.82, 2.24) is 9.97 Å². The van der Waals surface area contributed by atoms with E-state index in [4.69, 9.17) is 14.4 Å². The molecule has 2 aromatic heterocycles. The minimum Gasteiger partial charge on any atom is -0.456 e. The van der Waals surface area contributed by atoms with Crippen LogP contribution in [0.1, 0.15) is 23.6 Å². The molecule has 0 fully saturated rings. The Bertz CT molecular complexity index is 3480. The van der Waals surface area contributed by atoms with Crippen molar-refractivity contribution in [3.05, 3.63) is 229 Å². The lowest BCUT2D eigenvalue weighted by molar-refractivity contribution is 0.669. The van der Waals surface area contributed by atoms with Crippen molar-refractivity contribution < 1.29 is 4.42 Å². The van der Waals surface area contributed by atoms with Crippen LogP contribution in [0.15, 0.2) is 217 Å². The summed E-state index contributed by atoms with van der Waals surface area (Å²) in [7, 11) is 0. The highest BCUT2D eigenvalue weighted by atomic mass is 16.3. The second-order valence-corrected chi connectivity index (χ2v) is 16.2. The van der Waals surface area contributed by atoms with Crippen LogP contribution in [0.5, 0.6) is 0 Å². The Kier molecular flexibility index (Phi) is 7.98. The molecular formula is C58H38N2O. The summed E-state index contributed by atoms with van der Waals surface area (Å²) in [6, 6.07) is 75.7. The molecule has 0 saturated carbocycles. The standard InChI is InChI=1S/C58H38N2O/c1-58(44-22-9-4-10-23-44)49-27-12-11-24-46(49)55-47(26-14-28-50(55)58)52-36-51(59-57(60-52)38-18-7-3-8-19-38)42-21-13-20-41(33-42)45-25-15-29-53-56(45)48-34-40-31-30-39(37-16-5-2-6-17-37)32-43(40)35-54(48)61-53/h2-36H,1H3. The third-order valence-electron chi connectivity index (χ3n) is 12.8. The maximum Gasteiger partial charge on any atom is 0.160 e. The molecule has 12 rings (SSSR count). The molecule has 0 amide bonds. The van der Waals surface area contributed by atoms with Gasteiger partial charge in [0.15, 0.2) is 5.82 Å². The molecule has 0 spiro atoms. The first kappa shape index (κ1) is 35.1. The fourth-order valence-corrected chi connectivity index (χ4v) is 9.75. The molecule has 1 atom stereocenters. The highest BCUT2D eigenvalue weighted by Gasteiger charge is 2.41. The molecule has 9 aromatic carbocycles. The Balaban J connectivity index is 1.01. The largest absolute Gasteiger partial charge is 0.456 e. The molecule has 1 unspecified atom stereocenters. The number of furan rings is 1. The number of rotatable bonds is 6. The molecule has 0 bridgehead atoms. The average Bonchev–Trinajstić information content (AvgIpc) is 3.83. The topological polar surface area (TPSA) is 38.9 Å². The predicted octanol–water partition coefficient (Wildman–Crippen LogP) is 15.2. The highest BCUT2D eigenvalue weighted by molar-refractivity contribution is 6.16. The fraction of sp³-hybridized carbons (Fsp3) is 0.0345. The second-order valence-electron chi connectivity index (χ2n) is 16.2. The van der Waals surface area contributed by atoms with Gasteiger partial charge in [0.1, 0.15) is 11.2 Å². The van der Waals surface area contributed by atoms with E-state index in [0.29, 0.717) is 5.82 Å². The van der Waals surface area contributed by atoms with Crippen LogP contribution >= 0.6 is 0 Å². The highest BCUT2D eigenvalue weighted by Crippen LogP contribution is 2.55. The molecule has 11 aromatic rings. The van der Waals surface area contributed by atoms with E-state index in [9.17, 15) is 0 Å². The summed E-state index contributed by atoms with van der Waals surface area (Å²) in [5.74, 6) is 0.693. The van der Waals surface area contributed by atoms with E-state index in [2.05, 4.69) is 213 Å². The third-order valence-corrected chi connectivity index (χ3v) is 12.8. The predicted molar refractivity (Wildman–Crippen MR) is 251 cm³/mol. The van der Waals surface area contributed by atoms with E-state index < -0.39 is 0 Å². The van der Waals surface area contributed by atoms with Gasteiger partial charge in [-0.1, -0.05) is 176 Å². The van der Waals surface area contributed by atoms with Crippen LogP contribution in [0.4, 0.5) is 0 Å². The lowest BCUT2D eigenvalue weighted by atomic mass is 9.74. The number of fused-ring (bicyclic) bond motifs is 7. The minimum atomic E-state index is -0.314. The molecule has 0 aliphatic heterocycles. The van der Waals surface area contributed by atoms with Crippen LogP contribution in [0.25, 0.3) is 100.0 Å². The van der Waals surface area contributed by atoms with E-state index in [1.54, 1.807) is 0 Å². The lowest BCUT2D eigenvalue weighted by Gasteiger charge is -2.28. The zero-order valence-corrected chi connectivity index (χ0v) is 33.5. The molecule has 3 heteroatoms. The molecule has 286 valence electrons. The molecule has 61 heavy (non-hydrogen) atoms. The summed E-state index contributed by atoms with van der Waals surface area (Å²) in [5.41, 5.74) is 17.2. The number of hydrogen-bond acceptors (Lipinski definition) is 3. The summed E-state index contributed by atoms with van der Waals surface area (Å²) in [5, 5.41) is 4.55. The van der Waals surface area contributed by atoms with E-state index in [0.717, 1.165) is 66.5 Å². The Morgan fingerprint density at radius 1 is 0.393 bits per heavy atom. The van der Waals surface area contributed by atoms with Gasteiger partial charge in [-0.15, -0.1) is 0 Å². The first-order valence-corrected chi connectivity index (χ1v) is 20.9. The van der Waals surface area contributed by atoms with Gasteiger partial charge in [0.2, 0.25) is 0 Å². The molecular weight excluding hydrogens is 741 g/mol. The first-order chi connectivity index (χ1) is 30.1. The maximum absolute atomic E-state index is 6.60. The first-order valence-electron chi connectivity index (χ1n) is 20.9. The van der Waals surface area contributed by atoms with Gasteiger partial charge in [0, 0.05) is 32.9 Å². The van der Waals surface area contributed by atoms with Crippen molar-refractivity contribution in [3.8, 4) is 67.3 Å². The van der Waals surface area contributed by atoms with Crippen LogP contribution in [0.3, 0.4) is 0 Å². The quantitative estimate of drug-likeness (QED) is 0.169. The van der Waals surface area contributed by atoms with Crippen molar-refractivity contribution >= 4 is 32.7 Å². The number of aromatic nitrogens is 2. The minimum absolute atomic E-state index is 0.314. The van der Waals surface area contributed by atoms with Gasteiger partial charge in [-0.25, -0.2) is 9.97 Å². The van der Waals surface area contributed by atoms with E-state index in [1.165, 1.54) is 44.3 Å². The average molecular weight is 779 g/mol. The normalized spacial score (nSPS) is 14.4. The summed E-state index contributed by atoms with van der Waals surface area (Å²) < 4.78 is 6.60. The van der Waals surface area contributed by atoms with Crippen molar-refractivity contribution in [3.63, 3.8) is 0 Å². The molecule has 0 radical (unpaired) electrons. The zero-order chi connectivity index (χ0) is 40.5. The van der Waals surface area contributed by atoms with Crippen molar-refractivity contribution in [2.75, 3.05) is 0 Å². The van der Waals surface area contributed by atoms with E-state index >= 15 is 0 Å². The van der Waals surface area contributed by atoms with Crippen LogP contribution < -0.4 is 0 Å². The van der Waals surface area contributed by atoms with Crippen molar-refractivity contribution in [2.24, 2.45) is 0 Å². The monoisotopic (exact) mass is 778 g/mol. The summed E-state index contributed by atoms with van der Waals surface area (Å²) >= 11 is 0. The van der Waals surface area contributed by atoms with Crippen LogP contribution in [-0.2, 0) is 5.41 Å². The number of benzene rings is 9. The molecule has 3 nitrogen and oxygen atoms in total. The van der Waals surface area contributed by atoms with E-state index in [1.807, 2.05) is 6.07 Å². The Morgan fingerprint density at radius 3 is 1.87 bits per heavy atom. The second kappa shape index (κ2) is 13.9. The van der Waals surface area contributed by atoms with Gasteiger partial charge in [-0.3, -0.25) is 0 Å². The van der Waals surface area contributed by atoms with Gasteiger partial charge in [0.25, 0.3) is 0 Å². The summed E-state index contributed by atoms with van der Waals surface area (Å²) in [6.07, 6.45) is 0. The van der Waals surface area contributed by atoms with Crippen molar-refractivity contribution in [2.45, 2.75) is 12.3 Å². The van der Waals surface area contributed by atoms with Crippen LogP contribution in [0.2, 0.25) is 0 Å². The van der Waals surface area contributed by atoms with Gasteiger partial charge < -0.3 is 4.42 Å². The molecule has 1 aliphatic rings. The van der Waals surface area contributed by atoms with Crippen LogP contribution in [-0.4, -0.2) is 9.97 Å². The van der Waals surface area contributed by atoms with Gasteiger partial charge >= 0.3 is 0 Å². The number of hydrogen-bond donors (Lipinski definition) is 0. The Labute approximate surface area is 354 Å². The van der Waals surface area contributed by atoms with Gasteiger partial charge in [-0.05, 0) is 104 Å². The van der Waals surface area contributed by atoms with Crippen LogP contribution in [0, 0.1) is 0 Å². The Hall–Kier alpha value is -7.88. The molecule has 1 aliphatic carbocycles. The third kappa shape index (κ3) is 5.66. The fourth-order valence-electron chi connectivity index (χ4n) is 9.75. The molecule has 0 saturated heterocycles. The Morgan fingerprint density at radius 2 is 1.03 bits per heavy atom. The lowest BCUT2D eigenvalue weighted by Crippen LogP contribution is -2.22. The maximum atomic E-state index is 6.60. The SMILES string of the molecule is CC1(c2ccccc2)c2ccccc2-c2c(-c3cc(-c4cccc(-c5cccc6oc7cc8cc(-c9ccccc9)ccc8cc7c56)c4)nc(-c4ccccc4)n3)cccc21. The molecule has 0 N–H and O–H groups in total. The molecule has 2 heterocycles. The summed E-state index contributed by atoms with van der Waals surface area (Å²) in [6.45, 7) is 2.36.